The Morgan fingerprint density at radius 3 is 2.62 bits per heavy atom. The number of likely N-dealkylation sites (N-methyl/N-ethyl adjacent to an activating group) is 1. The molecule has 0 saturated heterocycles. The summed E-state index contributed by atoms with van der Waals surface area (Å²) in [5, 5.41) is 15.7. The molecule has 200 valence electrons. The number of nitriles is 1. The quantitative estimate of drug-likeness (QED) is 0.258. The Balaban J connectivity index is 0.00000420. The first kappa shape index (κ1) is 29.5. The number of fused-ring (bicyclic) bond motifs is 1. The third-order valence-electron chi connectivity index (χ3n) is 5.75. The fraction of sp³-hybridized carbons (Fsp3) is 0.143. The zero-order valence-electron chi connectivity index (χ0n) is 21.0. The summed E-state index contributed by atoms with van der Waals surface area (Å²) < 4.78 is 6.05. The van der Waals surface area contributed by atoms with Gasteiger partial charge in [0, 0.05) is 34.4 Å². The number of hydrogen-bond donors (Lipinski definition) is 2. The number of rotatable bonds is 7. The number of pyridine rings is 1. The predicted octanol–water partition coefficient (Wildman–Crippen LogP) is 6.51. The van der Waals surface area contributed by atoms with E-state index in [1.165, 1.54) is 11.0 Å². The molecule has 0 spiro atoms. The number of halogens is 3. The lowest BCUT2D eigenvalue weighted by Crippen LogP contribution is -2.40. The number of ether oxygens (including phenoxy) is 1. The second-order valence-electron chi connectivity index (χ2n) is 8.38. The largest absolute Gasteiger partial charge is 0.487 e. The molecule has 39 heavy (non-hydrogen) atoms. The van der Waals surface area contributed by atoms with Crippen LogP contribution in [0.3, 0.4) is 0 Å². The Labute approximate surface area is 241 Å². The molecular formula is C28H24Cl3N5O3. The highest BCUT2D eigenvalue weighted by atomic mass is 35.5. The van der Waals surface area contributed by atoms with Crippen molar-refractivity contribution in [3.63, 3.8) is 0 Å². The maximum absolute atomic E-state index is 12.8. The van der Waals surface area contributed by atoms with Gasteiger partial charge in [0.05, 0.1) is 28.9 Å². The van der Waals surface area contributed by atoms with E-state index in [0.29, 0.717) is 33.3 Å². The normalized spacial score (nSPS) is 10.2. The van der Waals surface area contributed by atoms with E-state index >= 15 is 0 Å². The van der Waals surface area contributed by atoms with Crippen molar-refractivity contribution >= 4 is 69.8 Å². The second kappa shape index (κ2) is 13.2. The molecular weight excluding hydrogens is 561 g/mol. The minimum absolute atomic E-state index is 0. The van der Waals surface area contributed by atoms with Crippen LogP contribution in [0.25, 0.3) is 10.9 Å². The highest BCUT2D eigenvalue weighted by Crippen LogP contribution is 2.35. The minimum atomic E-state index is -0.586. The van der Waals surface area contributed by atoms with Crippen LogP contribution in [0, 0.1) is 18.3 Å². The van der Waals surface area contributed by atoms with Crippen molar-refractivity contribution < 1.29 is 14.3 Å². The van der Waals surface area contributed by atoms with Crippen LogP contribution in [-0.4, -0.2) is 30.5 Å². The van der Waals surface area contributed by atoms with Crippen molar-refractivity contribution in [3.8, 4) is 11.8 Å². The maximum Gasteiger partial charge on any atom is 0.319 e. The van der Waals surface area contributed by atoms with Crippen molar-refractivity contribution in [2.75, 3.05) is 23.8 Å². The summed E-state index contributed by atoms with van der Waals surface area (Å²) in [5.74, 6) is 0.180. The number of carbonyl (C=O) groups is 2. The summed E-state index contributed by atoms with van der Waals surface area (Å²) in [6.07, 6.45) is 0. The number of nitrogens with one attached hydrogen (secondary N) is 2. The molecule has 0 atom stereocenters. The van der Waals surface area contributed by atoms with E-state index in [1.54, 1.807) is 37.4 Å². The number of para-hydroxylation sites is 1. The van der Waals surface area contributed by atoms with Crippen molar-refractivity contribution in [2.24, 2.45) is 0 Å². The molecule has 3 amide bonds. The van der Waals surface area contributed by atoms with Crippen molar-refractivity contribution in [3.05, 3.63) is 93.6 Å². The average Bonchev–Trinajstić information content (AvgIpc) is 2.91. The van der Waals surface area contributed by atoms with Gasteiger partial charge in [-0.15, -0.1) is 12.4 Å². The lowest BCUT2D eigenvalue weighted by atomic mass is 10.1. The van der Waals surface area contributed by atoms with Crippen LogP contribution in [0.5, 0.6) is 5.75 Å². The fourth-order valence-electron chi connectivity index (χ4n) is 3.71. The number of aryl methyl sites for hydroxylation is 1. The van der Waals surface area contributed by atoms with E-state index in [1.807, 2.05) is 43.3 Å². The van der Waals surface area contributed by atoms with E-state index in [-0.39, 0.29) is 30.6 Å². The molecule has 1 aromatic heterocycles. The Morgan fingerprint density at radius 1 is 1.08 bits per heavy atom. The van der Waals surface area contributed by atoms with Crippen molar-refractivity contribution in [2.45, 2.75) is 13.5 Å². The first-order chi connectivity index (χ1) is 18.3. The van der Waals surface area contributed by atoms with Gasteiger partial charge in [0.2, 0.25) is 5.91 Å². The summed E-state index contributed by atoms with van der Waals surface area (Å²) in [7, 11) is 1.55. The number of nitrogens with zero attached hydrogens (tertiary/aromatic N) is 3. The molecule has 0 radical (unpaired) electrons. The van der Waals surface area contributed by atoms with Gasteiger partial charge in [0.15, 0.2) is 0 Å². The van der Waals surface area contributed by atoms with E-state index in [9.17, 15) is 9.59 Å². The fourth-order valence-corrected chi connectivity index (χ4v) is 4.32. The molecule has 0 bridgehead atoms. The van der Waals surface area contributed by atoms with Gasteiger partial charge >= 0.3 is 6.03 Å². The minimum Gasteiger partial charge on any atom is -0.487 e. The van der Waals surface area contributed by atoms with Gasteiger partial charge in [-0.2, -0.15) is 5.26 Å². The Kier molecular flexibility index (Phi) is 9.96. The second-order valence-corrected chi connectivity index (χ2v) is 9.17. The van der Waals surface area contributed by atoms with Gasteiger partial charge in [-0.1, -0.05) is 47.5 Å². The third kappa shape index (κ3) is 7.09. The van der Waals surface area contributed by atoms with E-state index in [4.69, 9.17) is 33.2 Å². The van der Waals surface area contributed by atoms with Gasteiger partial charge < -0.3 is 20.3 Å². The Morgan fingerprint density at radius 2 is 1.85 bits per heavy atom. The molecule has 11 heteroatoms. The van der Waals surface area contributed by atoms with E-state index in [2.05, 4.69) is 15.6 Å². The molecule has 0 aliphatic heterocycles. The van der Waals surface area contributed by atoms with Gasteiger partial charge in [-0.25, -0.2) is 9.78 Å². The lowest BCUT2D eigenvalue weighted by molar-refractivity contribution is -0.117. The number of carbonyl (C=O) groups excluding carboxylic acids is 2. The number of amides is 3. The number of aromatic nitrogens is 1. The number of hydrogen-bond acceptors (Lipinski definition) is 5. The first-order valence-corrected chi connectivity index (χ1v) is 12.3. The number of benzene rings is 3. The summed E-state index contributed by atoms with van der Waals surface area (Å²) in [5.41, 5.74) is 3.36. The molecule has 4 rings (SSSR count). The molecule has 3 aromatic carbocycles. The SMILES string of the molecule is Cc1ccc2cccc(OCc3c(Cl)ccc(N(C)C(=O)CNC(=O)Nc4cccc(C#N)c4)c3Cl)c2n1.Cl. The predicted molar refractivity (Wildman–Crippen MR) is 156 cm³/mol. The molecule has 4 aromatic rings. The molecule has 8 nitrogen and oxygen atoms in total. The lowest BCUT2D eigenvalue weighted by Gasteiger charge is -2.21. The Bertz CT molecular complexity index is 1570. The molecule has 0 aliphatic rings. The van der Waals surface area contributed by atoms with Crippen LogP contribution in [0.2, 0.25) is 10.0 Å². The summed E-state index contributed by atoms with van der Waals surface area (Å²) in [6, 6.07) is 20.7. The Hall–Kier alpha value is -4.03. The molecule has 1 heterocycles. The van der Waals surface area contributed by atoms with Crippen LogP contribution in [0.15, 0.2) is 66.7 Å². The molecule has 0 saturated carbocycles. The monoisotopic (exact) mass is 583 g/mol. The highest BCUT2D eigenvalue weighted by molar-refractivity contribution is 6.38. The van der Waals surface area contributed by atoms with Crippen LogP contribution < -0.4 is 20.3 Å². The van der Waals surface area contributed by atoms with Crippen molar-refractivity contribution in [1.29, 1.82) is 5.26 Å². The van der Waals surface area contributed by atoms with Gasteiger partial charge in [-0.3, -0.25) is 4.79 Å². The van der Waals surface area contributed by atoms with Gasteiger partial charge in [0.1, 0.15) is 17.9 Å². The topological polar surface area (TPSA) is 107 Å². The zero-order chi connectivity index (χ0) is 27.2. The molecule has 0 aliphatic carbocycles. The van der Waals surface area contributed by atoms with Crippen LogP contribution in [0.1, 0.15) is 16.8 Å². The summed E-state index contributed by atoms with van der Waals surface area (Å²) in [6.45, 7) is 1.68. The number of anilines is 2. The first-order valence-electron chi connectivity index (χ1n) is 11.5. The molecule has 0 unspecified atom stereocenters. The smallest absolute Gasteiger partial charge is 0.319 e. The maximum atomic E-state index is 12.8. The third-order valence-corrected chi connectivity index (χ3v) is 6.52. The molecule has 2 N–H and O–H groups in total. The van der Waals surface area contributed by atoms with Crippen LogP contribution in [0.4, 0.5) is 16.2 Å². The van der Waals surface area contributed by atoms with Gasteiger partial charge in [0.25, 0.3) is 0 Å². The molecule has 0 fully saturated rings. The van der Waals surface area contributed by atoms with Gasteiger partial charge in [-0.05, 0) is 49.4 Å². The highest BCUT2D eigenvalue weighted by Gasteiger charge is 2.19. The van der Waals surface area contributed by atoms with Crippen LogP contribution >= 0.6 is 35.6 Å². The van der Waals surface area contributed by atoms with Crippen LogP contribution in [-0.2, 0) is 11.4 Å². The number of urea groups is 1. The standard InChI is InChI=1S/C28H23Cl2N5O3.ClH/c1-17-9-10-19-6-4-8-24(27(19)33-17)38-16-21-22(29)11-12-23(26(21)30)35(2)25(36)15-32-28(37)34-20-7-3-5-18(13-20)14-31;/h3-13H,15-16H2,1-2H3,(H2,32,34,37);1H. The summed E-state index contributed by atoms with van der Waals surface area (Å²) in [4.78, 5) is 31.0. The zero-order valence-corrected chi connectivity index (χ0v) is 23.3. The average molecular weight is 585 g/mol. The van der Waals surface area contributed by atoms with E-state index < -0.39 is 11.9 Å². The van der Waals surface area contributed by atoms with E-state index in [0.717, 1.165) is 16.6 Å². The summed E-state index contributed by atoms with van der Waals surface area (Å²) >= 11 is 13.1. The van der Waals surface area contributed by atoms with Crippen molar-refractivity contribution in [1.82, 2.24) is 10.3 Å².